The number of hydrogen-bond acceptors (Lipinski definition) is 7. The molecule has 0 N–H and O–H groups in total. The number of fused-ring (bicyclic) bond motifs is 2. The zero-order valence-corrected chi connectivity index (χ0v) is 18.2. The monoisotopic (exact) mass is 465 g/mol. The fraction of sp³-hybridized carbons (Fsp3) is 0.182. The molecule has 32 heavy (non-hydrogen) atoms. The number of nitro benzene ring substituents is 1. The van der Waals surface area contributed by atoms with Crippen LogP contribution < -0.4 is 0 Å². The van der Waals surface area contributed by atoms with Crippen molar-refractivity contribution in [1.29, 1.82) is 0 Å². The lowest BCUT2D eigenvalue weighted by atomic mass is 9.82. The van der Waals surface area contributed by atoms with Gasteiger partial charge in [0, 0.05) is 35.5 Å². The van der Waals surface area contributed by atoms with Gasteiger partial charge in [0.15, 0.2) is 5.78 Å². The number of ketones is 1. The fourth-order valence-corrected chi connectivity index (χ4v) is 4.66. The SMILES string of the molecule is O=C1C[C@@H](c2ccc(Cl)cc2)Cc2nc3nc(SCc4ccc([N+](=O)[O-])cc4)nn3cc21. The number of nitrogens with zero attached hydrogens (tertiary/aromatic N) is 5. The summed E-state index contributed by atoms with van der Waals surface area (Å²) < 4.78 is 1.54. The molecule has 0 saturated heterocycles. The Morgan fingerprint density at radius 1 is 1.09 bits per heavy atom. The number of carbonyl (C=O) groups excluding carboxylic acids is 1. The highest BCUT2D eigenvalue weighted by atomic mass is 35.5. The maximum atomic E-state index is 12.8. The van der Waals surface area contributed by atoms with Gasteiger partial charge in [0.1, 0.15) is 0 Å². The third-order valence-electron chi connectivity index (χ3n) is 5.42. The molecule has 1 aliphatic rings. The van der Waals surface area contributed by atoms with Gasteiger partial charge >= 0.3 is 0 Å². The van der Waals surface area contributed by atoms with Gasteiger partial charge < -0.3 is 0 Å². The summed E-state index contributed by atoms with van der Waals surface area (Å²) in [5.41, 5.74) is 3.36. The Hall–Kier alpha value is -3.30. The third-order valence-corrected chi connectivity index (χ3v) is 6.58. The van der Waals surface area contributed by atoms with Crippen LogP contribution in [0.1, 0.15) is 39.5 Å². The van der Waals surface area contributed by atoms with E-state index in [1.165, 1.54) is 28.4 Å². The Morgan fingerprint density at radius 3 is 2.56 bits per heavy atom. The molecule has 4 aromatic rings. The van der Waals surface area contributed by atoms with Crippen LogP contribution in [0.15, 0.2) is 59.9 Å². The van der Waals surface area contributed by atoms with E-state index >= 15 is 0 Å². The molecule has 2 heterocycles. The van der Waals surface area contributed by atoms with Crippen molar-refractivity contribution in [2.45, 2.75) is 29.7 Å². The van der Waals surface area contributed by atoms with Crippen LogP contribution in [0.3, 0.4) is 0 Å². The molecule has 2 aromatic carbocycles. The van der Waals surface area contributed by atoms with Gasteiger partial charge in [-0.1, -0.05) is 47.6 Å². The number of carbonyl (C=O) groups is 1. The van der Waals surface area contributed by atoms with Gasteiger partial charge in [-0.25, -0.2) is 9.50 Å². The number of thioether (sulfide) groups is 1. The molecule has 0 amide bonds. The molecule has 2 aromatic heterocycles. The zero-order chi connectivity index (χ0) is 22.2. The van der Waals surface area contributed by atoms with Gasteiger partial charge in [0.25, 0.3) is 11.5 Å². The summed E-state index contributed by atoms with van der Waals surface area (Å²) in [7, 11) is 0. The van der Waals surface area contributed by atoms with E-state index in [1.54, 1.807) is 18.3 Å². The van der Waals surface area contributed by atoms with E-state index < -0.39 is 4.92 Å². The lowest BCUT2D eigenvalue weighted by Gasteiger charge is -2.23. The maximum absolute atomic E-state index is 12.8. The van der Waals surface area contributed by atoms with Crippen molar-refractivity contribution < 1.29 is 9.72 Å². The van der Waals surface area contributed by atoms with E-state index in [2.05, 4.69) is 15.1 Å². The molecule has 8 nitrogen and oxygen atoms in total. The first-order chi connectivity index (χ1) is 15.5. The van der Waals surface area contributed by atoms with E-state index in [4.69, 9.17) is 11.6 Å². The first kappa shape index (κ1) is 20.6. The molecule has 0 radical (unpaired) electrons. The molecular weight excluding hydrogens is 450 g/mol. The van der Waals surface area contributed by atoms with Gasteiger partial charge in [-0.2, -0.15) is 4.98 Å². The molecule has 1 aliphatic carbocycles. The fourth-order valence-electron chi connectivity index (χ4n) is 3.76. The minimum atomic E-state index is -0.424. The average molecular weight is 466 g/mol. The quantitative estimate of drug-likeness (QED) is 0.235. The Balaban J connectivity index is 1.36. The molecule has 0 aliphatic heterocycles. The molecule has 0 spiro atoms. The molecule has 0 unspecified atom stereocenters. The summed E-state index contributed by atoms with van der Waals surface area (Å²) in [4.78, 5) is 32.3. The molecule has 1 atom stereocenters. The van der Waals surface area contributed by atoms with E-state index in [0.717, 1.165) is 16.8 Å². The van der Waals surface area contributed by atoms with Crippen LogP contribution in [0.5, 0.6) is 0 Å². The van der Waals surface area contributed by atoms with Gasteiger partial charge in [-0.05, 0) is 35.6 Å². The molecule has 0 bridgehead atoms. The minimum absolute atomic E-state index is 0.0381. The number of nitro groups is 1. The summed E-state index contributed by atoms with van der Waals surface area (Å²) in [5.74, 6) is 1.10. The predicted molar refractivity (Wildman–Crippen MR) is 120 cm³/mol. The first-order valence-electron chi connectivity index (χ1n) is 9.87. The van der Waals surface area contributed by atoms with Crippen LogP contribution in [-0.2, 0) is 12.2 Å². The standard InChI is InChI=1S/C22H16ClN5O3S/c23-16-5-3-14(4-6-16)15-9-19-18(20(29)10-15)11-27-21(24-19)25-22(26-27)32-12-13-1-7-17(8-2-13)28(30)31/h1-8,11,15H,9-10,12H2/t15-/m0/s1. The van der Waals surface area contributed by atoms with E-state index in [1.807, 2.05) is 24.3 Å². The number of halogens is 1. The maximum Gasteiger partial charge on any atom is 0.269 e. The zero-order valence-electron chi connectivity index (χ0n) is 16.6. The Kier molecular flexibility index (Phi) is 5.36. The highest BCUT2D eigenvalue weighted by Gasteiger charge is 2.28. The second-order valence-electron chi connectivity index (χ2n) is 7.53. The normalized spacial score (nSPS) is 15.7. The second kappa shape index (κ2) is 8.33. The average Bonchev–Trinajstić information content (AvgIpc) is 3.19. The largest absolute Gasteiger partial charge is 0.294 e. The summed E-state index contributed by atoms with van der Waals surface area (Å²) in [5, 5.41) is 16.4. The summed E-state index contributed by atoms with van der Waals surface area (Å²) in [6.45, 7) is 0. The van der Waals surface area contributed by atoms with E-state index in [0.29, 0.717) is 40.1 Å². The molecular formula is C22H16ClN5O3S. The number of benzene rings is 2. The van der Waals surface area contributed by atoms with Crippen molar-refractivity contribution in [2.75, 3.05) is 0 Å². The van der Waals surface area contributed by atoms with E-state index in [9.17, 15) is 14.9 Å². The van der Waals surface area contributed by atoms with Crippen LogP contribution in [0, 0.1) is 10.1 Å². The number of Topliss-reactive ketones (excluding diaryl/α,β-unsaturated/α-hetero) is 1. The van der Waals surface area contributed by atoms with Crippen molar-refractivity contribution >= 4 is 40.6 Å². The number of rotatable bonds is 5. The Morgan fingerprint density at radius 2 is 1.84 bits per heavy atom. The number of non-ortho nitro benzene ring substituents is 1. The van der Waals surface area contributed by atoms with Crippen LogP contribution in [0.4, 0.5) is 5.69 Å². The van der Waals surface area contributed by atoms with Crippen molar-refractivity contribution in [3.05, 3.63) is 92.2 Å². The second-order valence-corrected chi connectivity index (χ2v) is 8.91. The van der Waals surface area contributed by atoms with Crippen LogP contribution in [0.2, 0.25) is 5.02 Å². The summed E-state index contributed by atoms with van der Waals surface area (Å²) in [6, 6.07) is 14.0. The minimum Gasteiger partial charge on any atom is -0.294 e. The van der Waals surface area contributed by atoms with Crippen LogP contribution >= 0.6 is 23.4 Å². The molecule has 0 fully saturated rings. The van der Waals surface area contributed by atoms with Gasteiger partial charge in [-0.3, -0.25) is 14.9 Å². The van der Waals surface area contributed by atoms with Crippen molar-refractivity contribution in [1.82, 2.24) is 19.6 Å². The van der Waals surface area contributed by atoms with Crippen LogP contribution in [-0.4, -0.2) is 30.3 Å². The van der Waals surface area contributed by atoms with E-state index in [-0.39, 0.29) is 17.4 Å². The molecule has 5 rings (SSSR count). The third kappa shape index (κ3) is 4.09. The summed E-state index contributed by atoms with van der Waals surface area (Å²) in [6.07, 6.45) is 2.77. The predicted octanol–water partition coefficient (Wildman–Crippen LogP) is 4.89. The van der Waals surface area contributed by atoms with Crippen molar-refractivity contribution in [2.24, 2.45) is 0 Å². The lowest BCUT2D eigenvalue weighted by Crippen LogP contribution is -2.21. The highest BCUT2D eigenvalue weighted by Crippen LogP contribution is 2.33. The number of aromatic nitrogens is 4. The first-order valence-corrected chi connectivity index (χ1v) is 11.2. The van der Waals surface area contributed by atoms with Gasteiger partial charge in [0.05, 0.1) is 16.2 Å². The van der Waals surface area contributed by atoms with Gasteiger partial charge in [-0.15, -0.1) is 5.10 Å². The molecule has 10 heteroatoms. The van der Waals surface area contributed by atoms with Gasteiger partial charge in [0.2, 0.25) is 5.16 Å². The summed E-state index contributed by atoms with van der Waals surface area (Å²) >= 11 is 7.39. The molecule has 160 valence electrons. The lowest BCUT2D eigenvalue weighted by molar-refractivity contribution is -0.384. The molecule has 0 saturated carbocycles. The topological polar surface area (TPSA) is 103 Å². The van der Waals surface area contributed by atoms with Crippen LogP contribution in [0.25, 0.3) is 5.78 Å². The highest BCUT2D eigenvalue weighted by molar-refractivity contribution is 7.98. The van der Waals surface area contributed by atoms with Crippen molar-refractivity contribution in [3.63, 3.8) is 0 Å². The van der Waals surface area contributed by atoms with Crippen molar-refractivity contribution in [3.8, 4) is 0 Å². The number of hydrogen-bond donors (Lipinski definition) is 0. The Bertz CT molecular complexity index is 1340. The Labute approximate surface area is 191 Å². The smallest absolute Gasteiger partial charge is 0.269 e.